The normalized spacial score (nSPS) is 14.3. The monoisotopic (exact) mass is 426 g/mol. The molecule has 1 heterocycles. The summed E-state index contributed by atoms with van der Waals surface area (Å²) in [6, 6.07) is 12.7. The minimum absolute atomic E-state index is 0.229. The molecule has 0 fully saturated rings. The van der Waals surface area contributed by atoms with E-state index in [1.807, 2.05) is 0 Å². The van der Waals surface area contributed by atoms with Gasteiger partial charge in [0.1, 0.15) is 19.3 Å². The van der Waals surface area contributed by atoms with Gasteiger partial charge in [-0.3, -0.25) is 9.59 Å². The first-order valence-electron chi connectivity index (χ1n) is 10.1. The molecule has 0 saturated carbocycles. The number of benzene rings is 2. The predicted molar refractivity (Wildman–Crippen MR) is 114 cm³/mol. The van der Waals surface area contributed by atoms with Gasteiger partial charge in [-0.2, -0.15) is 0 Å². The fraction of sp³-hybridized carbons (Fsp3) is 0.348. The number of carbonyl (C=O) groups is 3. The molecule has 8 nitrogen and oxygen atoms in total. The van der Waals surface area contributed by atoms with E-state index in [9.17, 15) is 14.4 Å². The molecule has 2 aromatic rings. The summed E-state index contributed by atoms with van der Waals surface area (Å²) >= 11 is 0. The number of esters is 1. The third-order valence-electron chi connectivity index (χ3n) is 4.72. The third kappa shape index (κ3) is 5.75. The largest absolute Gasteiger partial charge is 0.486 e. The summed E-state index contributed by atoms with van der Waals surface area (Å²) in [5, 5.41) is 5.38. The molecule has 1 aliphatic rings. The van der Waals surface area contributed by atoms with Crippen molar-refractivity contribution in [1.29, 1.82) is 0 Å². The molecule has 0 spiro atoms. The predicted octanol–water partition coefficient (Wildman–Crippen LogP) is 2.78. The standard InChI is InChI=1S/C23H26N2O6/c1-14(2)20(25-22(27)16-7-5-4-6-8-16)23(28)31-15(3)21(26)24-17-9-10-18-19(13-17)30-12-11-29-18/h4-10,13-15,20H,11-12H2,1-3H3,(H,24,26)(H,25,27)/t15?,20-/m0/s1. The zero-order valence-electron chi connectivity index (χ0n) is 17.7. The molecule has 0 bridgehead atoms. The van der Waals surface area contributed by atoms with Crippen LogP contribution in [0.25, 0.3) is 0 Å². The molecule has 2 aromatic carbocycles. The van der Waals surface area contributed by atoms with Crippen LogP contribution < -0.4 is 20.1 Å². The molecule has 0 saturated heterocycles. The topological polar surface area (TPSA) is 103 Å². The Bertz CT molecular complexity index is 944. The number of hydrogen-bond donors (Lipinski definition) is 2. The zero-order chi connectivity index (χ0) is 22.4. The van der Waals surface area contributed by atoms with Gasteiger partial charge >= 0.3 is 5.97 Å². The molecule has 8 heteroatoms. The number of nitrogens with one attached hydrogen (secondary N) is 2. The van der Waals surface area contributed by atoms with Crippen molar-refractivity contribution in [2.45, 2.75) is 32.9 Å². The van der Waals surface area contributed by atoms with Crippen LogP contribution in [0.2, 0.25) is 0 Å². The minimum atomic E-state index is -1.06. The lowest BCUT2D eigenvalue weighted by Crippen LogP contribution is -2.47. The van der Waals surface area contributed by atoms with Gasteiger partial charge in [-0.15, -0.1) is 0 Å². The maximum absolute atomic E-state index is 12.7. The van der Waals surface area contributed by atoms with Gasteiger partial charge in [-0.1, -0.05) is 32.0 Å². The van der Waals surface area contributed by atoms with Crippen LogP contribution in [0.5, 0.6) is 11.5 Å². The van der Waals surface area contributed by atoms with E-state index in [0.29, 0.717) is 36.0 Å². The van der Waals surface area contributed by atoms with Crippen molar-refractivity contribution in [3.8, 4) is 11.5 Å². The molecule has 1 aliphatic heterocycles. The molecule has 31 heavy (non-hydrogen) atoms. The summed E-state index contributed by atoms with van der Waals surface area (Å²) in [4.78, 5) is 37.6. The zero-order valence-corrected chi connectivity index (χ0v) is 17.7. The van der Waals surface area contributed by atoms with Crippen LogP contribution in [0.4, 0.5) is 5.69 Å². The number of anilines is 1. The van der Waals surface area contributed by atoms with E-state index in [0.717, 1.165) is 0 Å². The van der Waals surface area contributed by atoms with E-state index in [4.69, 9.17) is 14.2 Å². The van der Waals surface area contributed by atoms with Crippen LogP contribution in [0.3, 0.4) is 0 Å². The van der Waals surface area contributed by atoms with E-state index in [1.165, 1.54) is 6.92 Å². The highest BCUT2D eigenvalue weighted by Crippen LogP contribution is 2.32. The molecular formula is C23H26N2O6. The molecule has 0 aliphatic carbocycles. The number of ether oxygens (including phenoxy) is 3. The van der Waals surface area contributed by atoms with Crippen LogP contribution in [0.1, 0.15) is 31.1 Å². The highest BCUT2D eigenvalue weighted by atomic mass is 16.6. The Kier molecular flexibility index (Phi) is 7.12. The number of fused-ring (bicyclic) bond motifs is 1. The van der Waals surface area contributed by atoms with Gasteiger partial charge in [0.15, 0.2) is 17.6 Å². The number of rotatable bonds is 7. The van der Waals surface area contributed by atoms with Crippen LogP contribution in [-0.2, 0) is 14.3 Å². The molecule has 2 N–H and O–H groups in total. The van der Waals surface area contributed by atoms with E-state index < -0.39 is 24.0 Å². The lowest BCUT2D eigenvalue weighted by molar-refractivity contribution is -0.156. The summed E-state index contributed by atoms with van der Waals surface area (Å²) < 4.78 is 16.3. The van der Waals surface area contributed by atoms with Crippen molar-refractivity contribution in [3.63, 3.8) is 0 Å². The number of carbonyl (C=O) groups excluding carboxylic acids is 3. The van der Waals surface area contributed by atoms with Gasteiger partial charge in [0.05, 0.1) is 0 Å². The number of hydrogen-bond acceptors (Lipinski definition) is 6. The SMILES string of the molecule is CC(OC(=O)[C@@H](NC(=O)c1ccccc1)C(C)C)C(=O)Nc1ccc2c(c1)OCCO2. The van der Waals surface area contributed by atoms with Gasteiger partial charge in [0.2, 0.25) is 0 Å². The molecule has 3 rings (SSSR count). The van der Waals surface area contributed by atoms with Crippen molar-refractivity contribution in [2.24, 2.45) is 5.92 Å². The fourth-order valence-corrected chi connectivity index (χ4v) is 2.98. The quantitative estimate of drug-likeness (QED) is 0.660. The Morgan fingerprint density at radius 2 is 1.61 bits per heavy atom. The minimum Gasteiger partial charge on any atom is -0.486 e. The van der Waals surface area contributed by atoms with E-state index in [-0.39, 0.29) is 11.8 Å². The lowest BCUT2D eigenvalue weighted by atomic mass is 10.0. The third-order valence-corrected chi connectivity index (χ3v) is 4.72. The van der Waals surface area contributed by atoms with Gasteiger partial charge < -0.3 is 24.8 Å². The smallest absolute Gasteiger partial charge is 0.329 e. The van der Waals surface area contributed by atoms with Gasteiger partial charge in [0.25, 0.3) is 11.8 Å². The Morgan fingerprint density at radius 3 is 2.29 bits per heavy atom. The molecule has 0 radical (unpaired) electrons. The first-order chi connectivity index (χ1) is 14.8. The van der Waals surface area contributed by atoms with Crippen LogP contribution in [-0.4, -0.2) is 43.1 Å². The average Bonchev–Trinajstić information content (AvgIpc) is 2.77. The molecule has 2 atom stereocenters. The fourth-order valence-electron chi connectivity index (χ4n) is 2.98. The van der Waals surface area contributed by atoms with Crippen molar-refractivity contribution >= 4 is 23.5 Å². The van der Waals surface area contributed by atoms with E-state index in [1.54, 1.807) is 62.4 Å². The summed E-state index contributed by atoms with van der Waals surface area (Å²) in [6.45, 7) is 5.96. The first kappa shape index (κ1) is 22.1. The Hall–Kier alpha value is -3.55. The number of amides is 2. The Balaban J connectivity index is 1.59. The summed E-state index contributed by atoms with van der Waals surface area (Å²) in [5.41, 5.74) is 0.931. The first-order valence-corrected chi connectivity index (χ1v) is 10.1. The van der Waals surface area contributed by atoms with E-state index >= 15 is 0 Å². The Labute approximate surface area is 180 Å². The summed E-state index contributed by atoms with van der Waals surface area (Å²) in [6.07, 6.45) is -1.06. The van der Waals surface area contributed by atoms with Crippen molar-refractivity contribution in [2.75, 3.05) is 18.5 Å². The summed E-state index contributed by atoms with van der Waals surface area (Å²) in [7, 11) is 0. The van der Waals surface area contributed by atoms with E-state index in [2.05, 4.69) is 10.6 Å². The molecule has 0 aromatic heterocycles. The maximum Gasteiger partial charge on any atom is 0.329 e. The average molecular weight is 426 g/mol. The second-order valence-electron chi connectivity index (χ2n) is 7.49. The molecule has 1 unspecified atom stereocenters. The van der Waals surface area contributed by atoms with Gasteiger partial charge in [0, 0.05) is 17.3 Å². The second-order valence-corrected chi connectivity index (χ2v) is 7.49. The van der Waals surface area contributed by atoms with Crippen molar-refractivity contribution in [1.82, 2.24) is 5.32 Å². The molecule has 2 amide bonds. The molecule has 164 valence electrons. The van der Waals surface area contributed by atoms with Crippen LogP contribution in [0, 0.1) is 5.92 Å². The van der Waals surface area contributed by atoms with Crippen molar-refractivity contribution < 1.29 is 28.6 Å². The highest BCUT2D eigenvalue weighted by molar-refractivity contribution is 5.98. The van der Waals surface area contributed by atoms with Crippen LogP contribution in [0.15, 0.2) is 48.5 Å². The highest BCUT2D eigenvalue weighted by Gasteiger charge is 2.29. The van der Waals surface area contributed by atoms with Crippen LogP contribution >= 0.6 is 0 Å². The lowest BCUT2D eigenvalue weighted by Gasteiger charge is -2.23. The maximum atomic E-state index is 12.7. The van der Waals surface area contributed by atoms with Gasteiger partial charge in [-0.25, -0.2) is 4.79 Å². The van der Waals surface area contributed by atoms with Crippen molar-refractivity contribution in [3.05, 3.63) is 54.1 Å². The second kappa shape index (κ2) is 9.97. The van der Waals surface area contributed by atoms with Gasteiger partial charge in [-0.05, 0) is 37.1 Å². The molecular weight excluding hydrogens is 400 g/mol. The summed E-state index contributed by atoms with van der Waals surface area (Å²) in [5.74, 6) is -0.640. The Morgan fingerprint density at radius 1 is 0.935 bits per heavy atom.